The van der Waals surface area contributed by atoms with Gasteiger partial charge >= 0.3 is 0 Å². The molecule has 1 fully saturated rings. The lowest BCUT2D eigenvalue weighted by molar-refractivity contribution is -0.140. The lowest BCUT2D eigenvalue weighted by atomic mass is 10.1. The zero-order valence-electron chi connectivity index (χ0n) is 23.8. The molecule has 1 atom stereocenters. The van der Waals surface area contributed by atoms with Crippen molar-refractivity contribution in [3.8, 4) is 0 Å². The number of hydrogen-bond acceptors (Lipinski definition) is 4. The molecule has 1 aliphatic carbocycles. The van der Waals surface area contributed by atoms with Gasteiger partial charge in [0.05, 0.1) is 10.6 Å². The fourth-order valence-corrected chi connectivity index (χ4v) is 6.95. The summed E-state index contributed by atoms with van der Waals surface area (Å²) in [5, 5.41) is 3.15. The molecule has 0 saturated heterocycles. The van der Waals surface area contributed by atoms with Crippen LogP contribution in [0, 0.1) is 13.8 Å². The van der Waals surface area contributed by atoms with Gasteiger partial charge in [-0.15, -0.1) is 0 Å². The van der Waals surface area contributed by atoms with E-state index < -0.39 is 28.5 Å². The molecule has 0 aromatic heterocycles. The Morgan fingerprint density at radius 1 is 0.951 bits per heavy atom. The van der Waals surface area contributed by atoms with Crippen molar-refractivity contribution in [3.05, 3.63) is 94.0 Å². The maximum absolute atomic E-state index is 14.2. The number of amides is 2. The van der Waals surface area contributed by atoms with Gasteiger partial charge in [0.1, 0.15) is 12.6 Å². The average Bonchev–Trinajstić information content (AvgIpc) is 3.45. The number of carbonyl (C=O) groups is 2. The van der Waals surface area contributed by atoms with Crippen LogP contribution in [0.3, 0.4) is 0 Å². The molecular weight excluding hydrogens is 602 g/mol. The molecule has 4 rings (SSSR count). The summed E-state index contributed by atoms with van der Waals surface area (Å²) in [6, 6.07) is 20.6. The maximum atomic E-state index is 14.2. The third-order valence-corrected chi connectivity index (χ3v) is 9.84. The first kappa shape index (κ1) is 30.8. The Hall–Kier alpha value is -3.17. The summed E-state index contributed by atoms with van der Waals surface area (Å²) in [5.74, 6) is -0.643. The van der Waals surface area contributed by atoms with Crippen LogP contribution in [0.2, 0.25) is 0 Å². The first-order valence-electron chi connectivity index (χ1n) is 14.1. The number of aryl methyl sites for hydroxylation is 2. The van der Waals surface area contributed by atoms with Gasteiger partial charge < -0.3 is 10.2 Å². The highest BCUT2D eigenvalue weighted by Gasteiger charge is 2.34. The smallest absolute Gasteiger partial charge is 0.264 e. The minimum Gasteiger partial charge on any atom is -0.352 e. The molecule has 1 aliphatic rings. The summed E-state index contributed by atoms with van der Waals surface area (Å²) in [6.07, 6.45) is 4.42. The lowest BCUT2D eigenvalue weighted by Gasteiger charge is -2.34. The molecule has 0 heterocycles. The SMILES string of the molecule is CC[C@@H](C(=O)NC1CCCC1)N(Cc1cccc(C)c1)C(=O)CN(c1ccc(Br)cc1)S(=O)(=O)c1ccc(C)cc1. The number of hydrogen-bond donors (Lipinski definition) is 1. The van der Waals surface area contributed by atoms with E-state index in [1.165, 1.54) is 4.90 Å². The van der Waals surface area contributed by atoms with E-state index in [4.69, 9.17) is 0 Å². The van der Waals surface area contributed by atoms with Crippen LogP contribution < -0.4 is 9.62 Å². The second-order valence-electron chi connectivity index (χ2n) is 10.7. The first-order chi connectivity index (χ1) is 19.6. The Labute approximate surface area is 252 Å². The largest absolute Gasteiger partial charge is 0.352 e. The van der Waals surface area contributed by atoms with Gasteiger partial charge in [-0.1, -0.05) is 83.2 Å². The van der Waals surface area contributed by atoms with Gasteiger partial charge in [0.25, 0.3) is 10.0 Å². The van der Waals surface area contributed by atoms with Crippen molar-refractivity contribution >= 4 is 43.5 Å². The molecule has 3 aromatic rings. The molecule has 0 spiro atoms. The van der Waals surface area contributed by atoms with Crippen LogP contribution in [0.25, 0.3) is 0 Å². The highest BCUT2D eigenvalue weighted by atomic mass is 79.9. The van der Waals surface area contributed by atoms with Gasteiger partial charge in [-0.25, -0.2) is 8.42 Å². The molecule has 1 N–H and O–H groups in total. The summed E-state index contributed by atoms with van der Waals surface area (Å²) < 4.78 is 29.8. The fraction of sp³-hybridized carbons (Fsp3) is 0.375. The second kappa shape index (κ2) is 13.7. The van der Waals surface area contributed by atoms with Crippen molar-refractivity contribution in [2.75, 3.05) is 10.8 Å². The molecule has 0 aliphatic heterocycles. The molecule has 3 aromatic carbocycles. The summed E-state index contributed by atoms with van der Waals surface area (Å²) in [7, 11) is -4.09. The highest BCUT2D eigenvalue weighted by molar-refractivity contribution is 9.10. The number of nitrogens with zero attached hydrogens (tertiary/aromatic N) is 2. The number of nitrogens with one attached hydrogen (secondary N) is 1. The van der Waals surface area contributed by atoms with Crippen LogP contribution in [0.1, 0.15) is 55.7 Å². The van der Waals surface area contributed by atoms with Crippen molar-refractivity contribution in [2.24, 2.45) is 0 Å². The van der Waals surface area contributed by atoms with Crippen molar-refractivity contribution in [1.29, 1.82) is 0 Å². The average molecular weight is 641 g/mol. The third-order valence-electron chi connectivity index (χ3n) is 7.53. The van der Waals surface area contributed by atoms with E-state index in [-0.39, 0.29) is 23.4 Å². The van der Waals surface area contributed by atoms with E-state index in [9.17, 15) is 18.0 Å². The molecule has 0 radical (unpaired) electrons. The molecular formula is C32H38BrN3O4S. The van der Waals surface area contributed by atoms with Crippen LogP contribution in [-0.2, 0) is 26.2 Å². The Morgan fingerprint density at radius 3 is 2.22 bits per heavy atom. The van der Waals surface area contributed by atoms with E-state index in [0.717, 1.165) is 51.2 Å². The lowest BCUT2D eigenvalue weighted by Crippen LogP contribution is -2.53. The second-order valence-corrected chi connectivity index (χ2v) is 13.5. The van der Waals surface area contributed by atoms with E-state index >= 15 is 0 Å². The summed E-state index contributed by atoms with van der Waals surface area (Å²) in [5.41, 5.74) is 3.21. The Morgan fingerprint density at radius 2 is 1.61 bits per heavy atom. The molecule has 0 unspecified atom stereocenters. The van der Waals surface area contributed by atoms with Crippen LogP contribution >= 0.6 is 15.9 Å². The summed E-state index contributed by atoms with van der Waals surface area (Å²) in [4.78, 5) is 29.4. The number of carbonyl (C=O) groups excluding carboxylic acids is 2. The molecule has 0 bridgehead atoms. The molecule has 2 amide bonds. The van der Waals surface area contributed by atoms with Gasteiger partial charge in [0, 0.05) is 17.1 Å². The van der Waals surface area contributed by atoms with E-state index in [2.05, 4.69) is 21.2 Å². The molecule has 7 nitrogen and oxygen atoms in total. The number of benzene rings is 3. The third kappa shape index (κ3) is 7.77. The number of anilines is 1. The monoisotopic (exact) mass is 639 g/mol. The van der Waals surface area contributed by atoms with Crippen molar-refractivity contribution < 1.29 is 18.0 Å². The topological polar surface area (TPSA) is 86.8 Å². The van der Waals surface area contributed by atoms with Crippen LogP contribution in [-0.4, -0.2) is 43.8 Å². The first-order valence-corrected chi connectivity index (χ1v) is 16.3. The van der Waals surface area contributed by atoms with Crippen molar-refractivity contribution in [3.63, 3.8) is 0 Å². The van der Waals surface area contributed by atoms with E-state index in [1.54, 1.807) is 48.5 Å². The fourth-order valence-electron chi connectivity index (χ4n) is 5.27. The quantitative estimate of drug-likeness (QED) is 0.274. The van der Waals surface area contributed by atoms with Crippen LogP contribution in [0.5, 0.6) is 0 Å². The predicted octanol–water partition coefficient (Wildman–Crippen LogP) is 6.13. The van der Waals surface area contributed by atoms with Crippen LogP contribution in [0.4, 0.5) is 5.69 Å². The predicted molar refractivity (Wildman–Crippen MR) is 166 cm³/mol. The zero-order chi connectivity index (χ0) is 29.6. The summed E-state index contributed by atoms with van der Waals surface area (Å²) in [6.45, 7) is 5.48. The van der Waals surface area contributed by atoms with Gasteiger partial charge in [0.2, 0.25) is 11.8 Å². The van der Waals surface area contributed by atoms with Crippen molar-refractivity contribution in [1.82, 2.24) is 10.2 Å². The van der Waals surface area contributed by atoms with Gasteiger partial charge in [0.15, 0.2) is 0 Å². The number of halogens is 1. The summed E-state index contributed by atoms with van der Waals surface area (Å²) >= 11 is 3.41. The Balaban J connectivity index is 1.71. The van der Waals surface area contributed by atoms with Gasteiger partial charge in [-0.05, 0) is 75.1 Å². The number of sulfonamides is 1. The van der Waals surface area contributed by atoms with Gasteiger partial charge in [-0.2, -0.15) is 0 Å². The maximum Gasteiger partial charge on any atom is 0.264 e. The normalized spacial score (nSPS) is 14.4. The highest BCUT2D eigenvalue weighted by Crippen LogP contribution is 2.27. The molecule has 41 heavy (non-hydrogen) atoms. The molecule has 1 saturated carbocycles. The van der Waals surface area contributed by atoms with Gasteiger partial charge in [-0.3, -0.25) is 13.9 Å². The Kier molecular flexibility index (Phi) is 10.3. The zero-order valence-corrected chi connectivity index (χ0v) is 26.2. The standard InChI is InChI=1S/C32H38BrN3O4S/c1-4-30(32(38)34-27-10-5-6-11-27)35(21-25-9-7-8-24(3)20-25)31(37)22-36(28-16-14-26(33)15-17-28)41(39,40)29-18-12-23(2)13-19-29/h7-9,12-20,27,30H,4-6,10-11,21-22H2,1-3H3,(H,34,38)/t30-/m0/s1. The van der Waals surface area contributed by atoms with E-state index in [1.807, 2.05) is 45.0 Å². The minimum atomic E-state index is -4.09. The molecule has 218 valence electrons. The minimum absolute atomic E-state index is 0.0927. The van der Waals surface area contributed by atoms with Crippen LogP contribution in [0.15, 0.2) is 82.2 Å². The molecule has 9 heteroatoms. The Bertz CT molecular complexity index is 1450. The van der Waals surface area contributed by atoms with E-state index in [0.29, 0.717) is 12.1 Å². The number of rotatable bonds is 11. The van der Waals surface area contributed by atoms with Crippen molar-refractivity contribution in [2.45, 2.75) is 76.4 Å².